The van der Waals surface area contributed by atoms with Gasteiger partial charge in [0, 0.05) is 5.69 Å². The second-order valence-electron chi connectivity index (χ2n) is 5.54. The summed E-state index contributed by atoms with van der Waals surface area (Å²) in [6.07, 6.45) is 0. The van der Waals surface area contributed by atoms with E-state index in [0.29, 0.717) is 29.5 Å². The van der Waals surface area contributed by atoms with Gasteiger partial charge in [-0.15, -0.1) is 0 Å². The van der Waals surface area contributed by atoms with Crippen LogP contribution in [0.3, 0.4) is 0 Å². The van der Waals surface area contributed by atoms with Crippen LogP contribution in [-0.2, 0) is 0 Å². The van der Waals surface area contributed by atoms with Crippen LogP contribution in [-0.4, -0.2) is 23.6 Å². The fourth-order valence-corrected chi connectivity index (χ4v) is 1.93. The monoisotopic (exact) mass is 313 g/mol. The molecule has 0 fully saturated rings. The largest absolute Gasteiger partial charge is 0.492 e. The van der Waals surface area contributed by atoms with E-state index in [1.807, 2.05) is 19.9 Å². The van der Waals surface area contributed by atoms with Gasteiger partial charge in [-0.3, -0.25) is 4.79 Å². The highest BCUT2D eigenvalue weighted by molar-refractivity contribution is 6.06. The van der Waals surface area contributed by atoms with Crippen LogP contribution in [0.1, 0.15) is 34.6 Å². The maximum Gasteiger partial charge on any atom is 0.335 e. The summed E-state index contributed by atoms with van der Waals surface area (Å²) in [5, 5.41) is 11.6. The van der Waals surface area contributed by atoms with Gasteiger partial charge in [0.15, 0.2) is 0 Å². The first-order valence-electron chi connectivity index (χ1n) is 7.34. The van der Waals surface area contributed by atoms with Gasteiger partial charge in [0.05, 0.1) is 17.7 Å². The number of anilines is 1. The fourth-order valence-electron chi connectivity index (χ4n) is 1.93. The average Bonchev–Trinajstić information content (AvgIpc) is 2.53. The molecule has 0 heterocycles. The van der Waals surface area contributed by atoms with Gasteiger partial charge < -0.3 is 15.2 Å². The van der Waals surface area contributed by atoms with Crippen molar-refractivity contribution in [3.63, 3.8) is 0 Å². The summed E-state index contributed by atoms with van der Waals surface area (Å²) in [5.41, 5.74) is 1.14. The highest BCUT2D eigenvalue weighted by atomic mass is 16.5. The lowest BCUT2D eigenvalue weighted by molar-refractivity contribution is 0.0696. The van der Waals surface area contributed by atoms with Crippen molar-refractivity contribution >= 4 is 17.6 Å². The number of carbonyl (C=O) groups excluding carboxylic acids is 1. The Labute approximate surface area is 134 Å². The van der Waals surface area contributed by atoms with Crippen LogP contribution in [0.5, 0.6) is 5.75 Å². The van der Waals surface area contributed by atoms with E-state index < -0.39 is 5.97 Å². The Bertz CT molecular complexity index is 692. The molecule has 0 aliphatic carbocycles. The Kier molecular flexibility index (Phi) is 5.36. The molecule has 0 bridgehead atoms. The molecule has 2 aromatic rings. The van der Waals surface area contributed by atoms with Gasteiger partial charge in [-0.25, -0.2) is 4.79 Å². The number of benzene rings is 2. The van der Waals surface area contributed by atoms with Gasteiger partial charge in [0.2, 0.25) is 0 Å². The van der Waals surface area contributed by atoms with Crippen molar-refractivity contribution in [3.05, 3.63) is 59.7 Å². The molecule has 0 spiro atoms. The average molecular weight is 313 g/mol. The first-order chi connectivity index (χ1) is 11.0. The Morgan fingerprint density at radius 2 is 1.74 bits per heavy atom. The standard InChI is InChI=1S/C18H19NO4/c1-12(2)11-23-16-6-4-3-5-15(16)17(20)19-14-9-7-13(8-10-14)18(21)22/h3-10,12H,11H2,1-2H3,(H,19,20)(H,21,22). The summed E-state index contributed by atoms with van der Waals surface area (Å²) >= 11 is 0. The molecule has 120 valence electrons. The van der Waals surface area contributed by atoms with Crippen molar-refractivity contribution in [2.24, 2.45) is 5.92 Å². The Hall–Kier alpha value is -2.82. The van der Waals surface area contributed by atoms with Crippen molar-refractivity contribution in [2.45, 2.75) is 13.8 Å². The highest BCUT2D eigenvalue weighted by Gasteiger charge is 2.13. The van der Waals surface area contributed by atoms with E-state index in [2.05, 4.69) is 5.32 Å². The minimum absolute atomic E-state index is 0.170. The summed E-state index contributed by atoms with van der Waals surface area (Å²) in [4.78, 5) is 23.2. The second kappa shape index (κ2) is 7.45. The van der Waals surface area contributed by atoms with Gasteiger partial charge in [-0.05, 0) is 42.3 Å². The van der Waals surface area contributed by atoms with Crippen LogP contribution in [0.25, 0.3) is 0 Å². The van der Waals surface area contributed by atoms with E-state index >= 15 is 0 Å². The Morgan fingerprint density at radius 1 is 1.09 bits per heavy atom. The Morgan fingerprint density at radius 3 is 2.35 bits per heavy atom. The number of carboxylic acids is 1. The minimum atomic E-state index is -1.00. The molecule has 0 aromatic heterocycles. The molecule has 0 aliphatic heterocycles. The van der Waals surface area contributed by atoms with Crippen LogP contribution in [0.4, 0.5) is 5.69 Å². The maximum atomic E-state index is 12.4. The molecule has 0 radical (unpaired) electrons. The summed E-state index contributed by atoms with van der Waals surface area (Å²) in [5.74, 6) is -0.418. The van der Waals surface area contributed by atoms with E-state index in [1.54, 1.807) is 30.3 Å². The van der Waals surface area contributed by atoms with Crippen LogP contribution < -0.4 is 10.1 Å². The summed E-state index contributed by atoms with van der Waals surface area (Å²) in [6.45, 7) is 4.59. The topological polar surface area (TPSA) is 75.6 Å². The molecule has 2 rings (SSSR count). The highest BCUT2D eigenvalue weighted by Crippen LogP contribution is 2.20. The summed E-state index contributed by atoms with van der Waals surface area (Å²) < 4.78 is 5.67. The zero-order chi connectivity index (χ0) is 16.8. The van der Waals surface area contributed by atoms with Crippen molar-refractivity contribution in [2.75, 3.05) is 11.9 Å². The number of hydrogen-bond acceptors (Lipinski definition) is 3. The second-order valence-corrected chi connectivity index (χ2v) is 5.54. The molecular formula is C18H19NO4. The minimum Gasteiger partial charge on any atom is -0.492 e. The van der Waals surface area contributed by atoms with Gasteiger partial charge in [-0.2, -0.15) is 0 Å². The van der Waals surface area contributed by atoms with Crippen LogP contribution in [0, 0.1) is 5.92 Å². The zero-order valence-electron chi connectivity index (χ0n) is 13.1. The van der Waals surface area contributed by atoms with Gasteiger partial charge in [0.25, 0.3) is 5.91 Å². The smallest absolute Gasteiger partial charge is 0.335 e. The molecule has 1 amide bonds. The first kappa shape index (κ1) is 16.5. The zero-order valence-corrected chi connectivity index (χ0v) is 13.1. The van der Waals surface area contributed by atoms with Gasteiger partial charge in [-0.1, -0.05) is 26.0 Å². The van der Waals surface area contributed by atoms with E-state index in [-0.39, 0.29) is 11.5 Å². The van der Waals surface area contributed by atoms with E-state index in [0.717, 1.165) is 0 Å². The number of nitrogens with one attached hydrogen (secondary N) is 1. The number of carbonyl (C=O) groups is 2. The first-order valence-corrected chi connectivity index (χ1v) is 7.34. The molecule has 0 unspecified atom stereocenters. The van der Waals surface area contributed by atoms with E-state index in [9.17, 15) is 9.59 Å². The third-order valence-electron chi connectivity index (χ3n) is 3.09. The molecule has 0 atom stereocenters. The molecule has 0 aliphatic rings. The predicted molar refractivity (Wildman–Crippen MR) is 88.1 cm³/mol. The van der Waals surface area contributed by atoms with Gasteiger partial charge >= 0.3 is 5.97 Å². The third kappa shape index (κ3) is 4.57. The third-order valence-corrected chi connectivity index (χ3v) is 3.09. The summed E-state index contributed by atoms with van der Waals surface area (Å²) in [6, 6.07) is 13.0. The van der Waals surface area contributed by atoms with Gasteiger partial charge in [0.1, 0.15) is 5.75 Å². The lowest BCUT2D eigenvalue weighted by atomic mass is 10.1. The van der Waals surface area contributed by atoms with Crippen molar-refractivity contribution < 1.29 is 19.4 Å². The number of rotatable bonds is 6. The van der Waals surface area contributed by atoms with Crippen LogP contribution >= 0.6 is 0 Å². The Balaban J connectivity index is 2.12. The lowest BCUT2D eigenvalue weighted by Crippen LogP contribution is -2.15. The lowest BCUT2D eigenvalue weighted by Gasteiger charge is -2.13. The molecule has 5 nitrogen and oxygen atoms in total. The van der Waals surface area contributed by atoms with Crippen molar-refractivity contribution in [1.29, 1.82) is 0 Å². The quantitative estimate of drug-likeness (QED) is 0.853. The number of carboxylic acid groups (broad SMARTS) is 1. The fraction of sp³-hybridized carbons (Fsp3) is 0.222. The molecule has 2 N–H and O–H groups in total. The normalized spacial score (nSPS) is 10.4. The number of para-hydroxylation sites is 1. The molecule has 5 heteroatoms. The van der Waals surface area contributed by atoms with Crippen LogP contribution in [0.15, 0.2) is 48.5 Å². The molecule has 23 heavy (non-hydrogen) atoms. The van der Waals surface area contributed by atoms with E-state index in [4.69, 9.17) is 9.84 Å². The van der Waals surface area contributed by atoms with Crippen molar-refractivity contribution in [1.82, 2.24) is 0 Å². The molecule has 2 aromatic carbocycles. The SMILES string of the molecule is CC(C)COc1ccccc1C(=O)Nc1ccc(C(=O)O)cc1. The maximum absolute atomic E-state index is 12.4. The van der Waals surface area contributed by atoms with Crippen LogP contribution in [0.2, 0.25) is 0 Å². The number of aromatic carboxylic acids is 1. The van der Waals surface area contributed by atoms with Crippen molar-refractivity contribution in [3.8, 4) is 5.75 Å². The molecular weight excluding hydrogens is 294 g/mol. The van der Waals surface area contributed by atoms with E-state index in [1.165, 1.54) is 12.1 Å². The predicted octanol–water partition coefficient (Wildman–Crippen LogP) is 3.67. The number of amides is 1. The number of ether oxygens (including phenoxy) is 1. The summed E-state index contributed by atoms with van der Waals surface area (Å²) in [7, 11) is 0. The molecule has 0 saturated carbocycles. The number of hydrogen-bond donors (Lipinski definition) is 2. The molecule has 0 saturated heterocycles.